The molecule has 4 aromatic carbocycles. The largest absolute Gasteiger partial charge is 2.00 e. The maximum absolute atomic E-state index is 12.3. The third kappa shape index (κ3) is 5.58. The minimum Gasteiger partial charge on any atom is -0.293 e. The van der Waals surface area contributed by atoms with Gasteiger partial charge in [-0.3, -0.25) is 9.59 Å². The average molecular weight is 494 g/mol. The molecule has 168 valence electrons. The van der Waals surface area contributed by atoms with Gasteiger partial charge in [0.05, 0.1) is 11.8 Å². The van der Waals surface area contributed by atoms with Gasteiger partial charge in [-0.2, -0.15) is 0 Å². The summed E-state index contributed by atoms with van der Waals surface area (Å²) in [5.74, 6) is 1.68. The predicted molar refractivity (Wildman–Crippen MR) is 137 cm³/mol. The molecule has 6 rings (SSSR count). The molecule has 4 aromatic rings. The number of carbonyl (C=O) groups is 2. The second-order valence-corrected chi connectivity index (χ2v) is 8.06. The minimum atomic E-state index is 0. The zero-order valence-electron chi connectivity index (χ0n) is 18.9. The molecule has 2 aliphatic rings. The van der Waals surface area contributed by atoms with Crippen molar-refractivity contribution in [2.75, 3.05) is 0 Å². The van der Waals surface area contributed by atoms with E-state index in [4.69, 9.17) is 0 Å². The van der Waals surface area contributed by atoms with E-state index < -0.39 is 0 Å². The fourth-order valence-electron chi connectivity index (χ4n) is 4.21. The Bertz CT molecular complexity index is 1200. The van der Waals surface area contributed by atoms with Gasteiger partial charge in [-0.25, -0.2) is 0 Å². The normalized spacial score (nSPS) is 16.0. The van der Waals surface area contributed by atoms with Gasteiger partial charge in [-0.1, -0.05) is 84.9 Å². The number of ketones is 2. The van der Waals surface area contributed by atoms with E-state index in [1.165, 1.54) is 0 Å². The second kappa shape index (κ2) is 11.8. The van der Waals surface area contributed by atoms with Gasteiger partial charge in [0, 0.05) is 11.1 Å². The quantitative estimate of drug-likeness (QED) is 0.230. The van der Waals surface area contributed by atoms with E-state index in [9.17, 15) is 9.59 Å². The summed E-state index contributed by atoms with van der Waals surface area (Å²) >= 11 is 0. The monoisotopic (exact) mass is 494 g/mol. The first-order valence-electron chi connectivity index (χ1n) is 11.2. The number of hydrogen-bond acceptors (Lipinski definition) is 2. The number of benzene rings is 4. The first-order chi connectivity index (χ1) is 16.7. The Labute approximate surface area is 218 Å². The predicted octanol–water partition coefficient (Wildman–Crippen LogP) is 6.85. The van der Waals surface area contributed by atoms with Crippen LogP contribution in [0.1, 0.15) is 20.7 Å². The molecular formula is C32H22FeO2+2. The van der Waals surface area contributed by atoms with Gasteiger partial charge in [0.15, 0.2) is 11.6 Å². The molecule has 0 unspecified atom stereocenters. The molecule has 2 fully saturated rings. The van der Waals surface area contributed by atoms with E-state index in [1.807, 2.05) is 136 Å². The average Bonchev–Trinajstić information content (AvgIpc) is 3.63. The number of hydrogen-bond donors (Lipinski definition) is 0. The molecule has 0 aliphatic heterocycles. The summed E-state index contributed by atoms with van der Waals surface area (Å²) in [4.78, 5) is 24.6. The van der Waals surface area contributed by atoms with Gasteiger partial charge < -0.3 is 0 Å². The van der Waals surface area contributed by atoms with Crippen molar-refractivity contribution in [2.45, 2.75) is 0 Å². The summed E-state index contributed by atoms with van der Waals surface area (Å²) < 4.78 is 0. The molecule has 0 heterocycles. The maximum Gasteiger partial charge on any atom is 2.00 e. The van der Waals surface area contributed by atoms with E-state index in [2.05, 4.69) is 0 Å². The molecule has 2 nitrogen and oxygen atoms in total. The Morgan fingerprint density at radius 3 is 1.17 bits per heavy atom. The zero-order valence-corrected chi connectivity index (χ0v) is 20.0. The second-order valence-electron chi connectivity index (χ2n) is 8.06. The van der Waals surface area contributed by atoms with Crippen LogP contribution in [0.4, 0.5) is 0 Å². The van der Waals surface area contributed by atoms with E-state index in [0.717, 1.165) is 44.5 Å². The van der Waals surface area contributed by atoms with Crippen LogP contribution in [0, 0.1) is 63.2 Å². The summed E-state index contributed by atoms with van der Waals surface area (Å²) in [5.41, 5.74) is 1.55. The van der Waals surface area contributed by atoms with Crippen LogP contribution in [0.3, 0.4) is 0 Å². The van der Waals surface area contributed by atoms with Crippen LogP contribution in [0.2, 0.25) is 0 Å². The van der Waals surface area contributed by atoms with E-state index in [-0.39, 0.29) is 28.6 Å². The van der Waals surface area contributed by atoms with Gasteiger partial charge >= 0.3 is 17.1 Å². The molecule has 0 N–H and O–H groups in total. The van der Waals surface area contributed by atoms with E-state index in [0.29, 0.717) is 0 Å². The Morgan fingerprint density at radius 1 is 0.429 bits per heavy atom. The molecular weight excluding hydrogens is 472 g/mol. The third-order valence-corrected chi connectivity index (χ3v) is 5.92. The summed E-state index contributed by atoms with van der Waals surface area (Å²) in [6, 6.07) is 27.6. The number of rotatable bonds is 4. The first-order valence-corrected chi connectivity index (χ1v) is 11.2. The molecule has 0 amide bonds. The summed E-state index contributed by atoms with van der Waals surface area (Å²) in [5, 5.41) is 4.23. The third-order valence-electron chi connectivity index (χ3n) is 5.92. The van der Waals surface area contributed by atoms with Crippen LogP contribution in [-0.2, 0) is 17.1 Å². The van der Waals surface area contributed by atoms with E-state index >= 15 is 0 Å². The molecule has 2 aliphatic carbocycles. The number of Topliss-reactive ketones (excluding diaryl/α,β-unsaturated/α-hetero) is 2. The van der Waals surface area contributed by atoms with Crippen LogP contribution < -0.4 is 0 Å². The van der Waals surface area contributed by atoms with Crippen molar-refractivity contribution in [2.24, 2.45) is 0 Å². The maximum atomic E-state index is 12.3. The molecule has 0 saturated heterocycles. The Balaban J connectivity index is 0.000000160. The molecule has 10 radical (unpaired) electrons. The fourth-order valence-corrected chi connectivity index (χ4v) is 4.21. The molecule has 0 bridgehead atoms. The molecule has 35 heavy (non-hydrogen) atoms. The van der Waals surface area contributed by atoms with Gasteiger partial charge in [-0.05, 0) is 72.9 Å². The molecule has 0 aromatic heterocycles. The van der Waals surface area contributed by atoms with Crippen molar-refractivity contribution in [3.63, 3.8) is 0 Å². The Kier molecular flexibility index (Phi) is 8.55. The van der Waals surface area contributed by atoms with Crippen LogP contribution in [-0.4, -0.2) is 11.6 Å². The molecule has 3 heteroatoms. The zero-order chi connectivity index (χ0) is 23.3. The van der Waals surface area contributed by atoms with Crippen molar-refractivity contribution in [3.8, 4) is 0 Å². The van der Waals surface area contributed by atoms with Crippen molar-refractivity contribution >= 4 is 33.1 Å². The topological polar surface area (TPSA) is 34.1 Å². The van der Waals surface area contributed by atoms with E-state index in [1.54, 1.807) is 0 Å². The Morgan fingerprint density at radius 2 is 0.771 bits per heavy atom. The summed E-state index contributed by atoms with van der Waals surface area (Å²) in [7, 11) is 0. The van der Waals surface area contributed by atoms with Gasteiger partial charge in [0.25, 0.3) is 0 Å². The first kappa shape index (κ1) is 25.4. The van der Waals surface area contributed by atoms with Crippen molar-refractivity contribution in [3.05, 3.63) is 159 Å². The molecule has 0 atom stereocenters. The minimum absolute atomic E-state index is 0. The van der Waals surface area contributed by atoms with Crippen molar-refractivity contribution < 1.29 is 26.7 Å². The number of fused-ring (bicyclic) bond motifs is 2. The van der Waals surface area contributed by atoms with Crippen LogP contribution in [0.15, 0.2) is 84.9 Å². The van der Waals surface area contributed by atoms with Crippen LogP contribution >= 0.6 is 0 Å². The Hall–Kier alpha value is -2.74. The van der Waals surface area contributed by atoms with Crippen molar-refractivity contribution in [1.82, 2.24) is 0 Å². The molecule has 2 saturated carbocycles. The summed E-state index contributed by atoms with van der Waals surface area (Å²) in [6.07, 6.45) is 15.0. The smallest absolute Gasteiger partial charge is 0.293 e. The van der Waals surface area contributed by atoms with Crippen molar-refractivity contribution in [1.29, 1.82) is 0 Å². The standard InChI is InChI=1S/2C16H11O.Fe/c2*17-16(13-7-1-2-8-13)15-11-5-9-12-6-3-4-10-14(12)15;/h2*1-11H;/q;;+2. The fraction of sp³-hybridized carbons (Fsp3) is 0. The van der Waals surface area contributed by atoms with Gasteiger partial charge in [0.2, 0.25) is 0 Å². The number of carbonyl (C=O) groups excluding carboxylic acids is 2. The van der Waals surface area contributed by atoms with Crippen LogP contribution in [0.5, 0.6) is 0 Å². The van der Waals surface area contributed by atoms with Crippen LogP contribution in [0.25, 0.3) is 21.5 Å². The van der Waals surface area contributed by atoms with Gasteiger partial charge in [-0.15, -0.1) is 0 Å². The molecule has 0 spiro atoms. The van der Waals surface area contributed by atoms with Gasteiger partial charge in [0.1, 0.15) is 0 Å². The SMILES string of the molecule is O=C([C]1[CH][CH][CH][CH]1)c1cccc2ccccc12.O=C([C]1[CH][CH][CH][CH]1)c1cccc2ccccc12.[Fe+2]. The summed E-state index contributed by atoms with van der Waals surface area (Å²) in [6.45, 7) is 0.